The SMILES string of the molecule is Cc1ccc(Cc2nc(C(=O)N[C@H]3CSc4ccccc4-n4c3noc4=O)n[nH]2)cc1. The van der Waals surface area contributed by atoms with Crippen LogP contribution in [0, 0.1) is 6.92 Å². The van der Waals surface area contributed by atoms with Crippen LogP contribution in [-0.4, -0.2) is 36.6 Å². The Bertz CT molecular complexity index is 1310. The maximum atomic E-state index is 12.8. The van der Waals surface area contributed by atoms with Crippen LogP contribution in [0.15, 0.2) is 62.7 Å². The number of aromatic amines is 1. The lowest BCUT2D eigenvalue weighted by molar-refractivity contribution is 0.0928. The third-order valence-electron chi connectivity index (χ3n) is 4.98. The molecule has 0 bridgehead atoms. The smallest absolute Gasteiger partial charge is 0.338 e. The minimum atomic E-state index is -0.595. The molecule has 1 atom stereocenters. The molecule has 10 heteroatoms. The van der Waals surface area contributed by atoms with Crippen molar-refractivity contribution in [2.24, 2.45) is 0 Å². The first-order chi connectivity index (χ1) is 15.1. The largest absolute Gasteiger partial charge is 0.446 e. The average Bonchev–Trinajstić information content (AvgIpc) is 3.36. The van der Waals surface area contributed by atoms with Crippen molar-refractivity contribution in [3.05, 3.63) is 87.7 Å². The molecule has 156 valence electrons. The molecule has 9 nitrogen and oxygen atoms in total. The van der Waals surface area contributed by atoms with E-state index < -0.39 is 17.7 Å². The van der Waals surface area contributed by atoms with Gasteiger partial charge in [0, 0.05) is 17.1 Å². The molecule has 4 aromatic rings. The normalized spacial score (nSPS) is 15.1. The van der Waals surface area contributed by atoms with Gasteiger partial charge in [0.1, 0.15) is 11.9 Å². The number of nitrogens with zero attached hydrogens (tertiary/aromatic N) is 4. The molecule has 31 heavy (non-hydrogen) atoms. The second-order valence-corrected chi connectivity index (χ2v) is 8.28. The molecule has 1 aliphatic rings. The van der Waals surface area contributed by atoms with Crippen LogP contribution in [0.1, 0.15) is 39.4 Å². The van der Waals surface area contributed by atoms with Gasteiger partial charge < -0.3 is 5.32 Å². The predicted octanol–water partition coefficient (Wildman–Crippen LogP) is 2.42. The van der Waals surface area contributed by atoms with Gasteiger partial charge in [0.15, 0.2) is 5.82 Å². The van der Waals surface area contributed by atoms with E-state index in [0.717, 1.165) is 10.5 Å². The van der Waals surface area contributed by atoms with Gasteiger partial charge in [0.2, 0.25) is 5.82 Å². The van der Waals surface area contributed by atoms with Crippen molar-refractivity contribution >= 4 is 17.7 Å². The van der Waals surface area contributed by atoms with Crippen molar-refractivity contribution in [1.29, 1.82) is 0 Å². The summed E-state index contributed by atoms with van der Waals surface area (Å²) in [7, 11) is 0. The number of carbonyl (C=O) groups excluding carboxylic acids is 1. The summed E-state index contributed by atoms with van der Waals surface area (Å²) >= 11 is 1.53. The molecule has 2 aromatic heterocycles. The van der Waals surface area contributed by atoms with Crippen molar-refractivity contribution in [2.75, 3.05) is 5.75 Å². The first kappa shape index (κ1) is 19.3. The Balaban J connectivity index is 1.36. The summed E-state index contributed by atoms with van der Waals surface area (Å²) in [6.07, 6.45) is 0.540. The zero-order chi connectivity index (χ0) is 21.4. The van der Waals surface area contributed by atoms with E-state index in [0.29, 0.717) is 29.5 Å². The summed E-state index contributed by atoms with van der Waals surface area (Å²) in [5, 5.41) is 13.7. The summed E-state index contributed by atoms with van der Waals surface area (Å²) in [6, 6.07) is 15.0. The fraction of sp³-hybridized carbons (Fsp3) is 0.190. The Morgan fingerprint density at radius 2 is 2.06 bits per heavy atom. The van der Waals surface area contributed by atoms with Crippen LogP contribution in [-0.2, 0) is 6.42 Å². The third-order valence-corrected chi connectivity index (χ3v) is 6.14. The number of thioether (sulfide) groups is 1. The number of benzene rings is 2. The van der Waals surface area contributed by atoms with Gasteiger partial charge in [-0.15, -0.1) is 16.9 Å². The van der Waals surface area contributed by atoms with E-state index in [1.54, 1.807) is 0 Å². The highest BCUT2D eigenvalue weighted by molar-refractivity contribution is 7.99. The average molecular weight is 434 g/mol. The molecule has 0 fully saturated rings. The maximum Gasteiger partial charge on any atom is 0.446 e. The van der Waals surface area contributed by atoms with E-state index in [4.69, 9.17) is 4.52 Å². The van der Waals surface area contributed by atoms with Crippen molar-refractivity contribution in [3.63, 3.8) is 0 Å². The quantitative estimate of drug-likeness (QED) is 0.506. The van der Waals surface area contributed by atoms with Crippen LogP contribution in [0.4, 0.5) is 0 Å². The monoisotopic (exact) mass is 434 g/mol. The summed E-state index contributed by atoms with van der Waals surface area (Å²) in [6.45, 7) is 2.03. The zero-order valence-corrected chi connectivity index (χ0v) is 17.3. The number of hydrogen-bond acceptors (Lipinski definition) is 7. The highest BCUT2D eigenvalue weighted by atomic mass is 32.2. The minimum absolute atomic E-state index is 0.0336. The molecule has 0 radical (unpaired) electrons. The molecule has 1 amide bonds. The van der Waals surface area contributed by atoms with E-state index in [1.807, 2.05) is 55.5 Å². The van der Waals surface area contributed by atoms with E-state index in [9.17, 15) is 9.59 Å². The Labute approximate surface area is 180 Å². The van der Waals surface area contributed by atoms with Crippen LogP contribution in [0.3, 0.4) is 0 Å². The summed E-state index contributed by atoms with van der Waals surface area (Å²) < 4.78 is 6.28. The molecule has 0 saturated carbocycles. The Morgan fingerprint density at radius 3 is 2.90 bits per heavy atom. The number of fused-ring (bicyclic) bond motifs is 3. The molecule has 2 aromatic carbocycles. The predicted molar refractivity (Wildman–Crippen MR) is 113 cm³/mol. The molecule has 5 rings (SSSR count). The summed E-state index contributed by atoms with van der Waals surface area (Å²) in [5.74, 6) is 0.398. The topological polar surface area (TPSA) is 119 Å². The van der Waals surface area contributed by atoms with Gasteiger partial charge in [-0.3, -0.25) is 14.4 Å². The number of hydrogen-bond donors (Lipinski definition) is 2. The highest BCUT2D eigenvalue weighted by Gasteiger charge is 2.29. The van der Waals surface area contributed by atoms with Crippen LogP contribution in [0.25, 0.3) is 5.69 Å². The van der Waals surface area contributed by atoms with E-state index >= 15 is 0 Å². The Morgan fingerprint density at radius 1 is 1.26 bits per heavy atom. The van der Waals surface area contributed by atoms with Gasteiger partial charge in [-0.2, -0.15) is 0 Å². The molecule has 0 saturated heterocycles. The van der Waals surface area contributed by atoms with E-state index in [2.05, 4.69) is 25.7 Å². The van der Waals surface area contributed by atoms with Crippen LogP contribution >= 0.6 is 11.8 Å². The number of rotatable bonds is 4. The Hall–Kier alpha value is -3.66. The van der Waals surface area contributed by atoms with Crippen molar-refractivity contribution < 1.29 is 9.32 Å². The minimum Gasteiger partial charge on any atom is -0.338 e. The molecular formula is C21H18N6O3S. The molecule has 3 heterocycles. The van der Waals surface area contributed by atoms with Crippen molar-refractivity contribution in [2.45, 2.75) is 24.3 Å². The second-order valence-electron chi connectivity index (χ2n) is 7.21. The molecule has 2 N–H and O–H groups in total. The lowest BCUT2D eigenvalue weighted by Crippen LogP contribution is -2.33. The first-order valence-electron chi connectivity index (χ1n) is 9.67. The van der Waals surface area contributed by atoms with Crippen molar-refractivity contribution in [3.8, 4) is 5.69 Å². The number of H-pyrrole nitrogens is 1. The van der Waals surface area contributed by atoms with Gasteiger partial charge >= 0.3 is 5.76 Å². The van der Waals surface area contributed by atoms with E-state index in [-0.39, 0.29) is 5.82 Å². The lowest BCUT2D eigenvalue weighted by Gasteiger charge is -2.13. The van der Waals surface area contributed by atoms with Crippen molar-refractivity contribution in [1.82, 2.24) is 30.2 Å². The Kier molecular flexibility index (Phi) is 4.91. The lowest BCUT2D eigenvalue weighted by atomic mass is 10.1. The van der Waals surface area contributed by atoms with E-state index in [1.165, 1.54) is 21.9 Å². The number of para-hydroxylation sites is 1. The number of aryl methyl sites for hydroxylation is 1. The van der Waals surface area contributed by atoms with Crippen LogP contribution < -0.4 is 11.1 Å². The first-order valence-corrected chi connectivity index (χ1v) is 10.7. The fourth-order valence-corrected chi connectivity index (χ4v) is 4.48. The number of carbonyl (C=O) groups is 1. The number of aromatic nitrogens is 5. The fourth-order valence-electron chi connectivity index (χ4n) is 3.42. The molecule has 1 aliphatic heterocycles. The van der Waals surface area contributed by atoms with Gasteiger partial charge in [-0.25, -0.2) is 14.3 Å². The van der Waals surface area contributed by atoms with Gasteiger partial charge in [-0.05, 0) is 24.6 Å². The van der Waals surface area contributed by atoms with Crippen LogP contribution in [0.5, 0.6) is 0 Å². The summed E-state index contributed by atoms with van der Waals surface area (Å²) in [5.41, 5.74) is 2.93. The maximum absolute atomic E-state index is 12.8. The van der Waals surface area contributed by atoms with Gasteiger partial charge in [-0.1, -0.05) is 47.1 Å². The second kappa shape index (κ2) is 7.88. The molecule has 0 spiro atoms. The molecule has 0 aliphatic carbocycles. The summed E-state index contributed by atoms with van der Waals surface area (Å²) in [4.78, 5) is 30.3. The highest BCUT2D eigenvalue weighted by Crippen LogP contribution is 2.33. The number of amides is 1. The molecular weight excluding hydrogens is 416 g/mol. The van der Waals surface area contributed by atoms with Gasteiger partial charge in [0.25, 0.3) is 5.91 Å². The van der Waals surface area contributed by atoms with Crippen LogP contribution in [0.2, 0.25) is 0 Å². The molecule has 0 unspecified atom stereocenters. The standard InChI is InChI=1S/C21H18N6O3S/c1-12-6-8-13(9-7-12)10-17-23-18(25-24-17)20(28)22-14-11-31-16-5-3-2-4-15(16)27-19(14)26-30-21(27)29/h2-9,14H,10-11H2,1H3,(H,22,28)(H,23,24,25)/t14-/m0/s1. The number of nitrogens with one attached hydrogen (secondary N) is 2. The van der Waals surface area contributed by atoms with Gasteiger partial charge in [0.05, 0.1) is 5.69 Å². The third kappa shape index (κ3) is 3.77. The zero-order valence-electron chi connectivity index (χ0n) is 16.5.